The molecule has 3 rings (SSSR count). The molecule has 0 aromatic heterocycles. The Morgan fingerprint density at radius 2 is 2.10 bits per heavy atom. The van der Waals surface area contributed by atoms with E-state index in [1.807, 2.05) is 0 Å². The number of para-hydroxylation sites is 1. The fraction of sp³-hybridized carbons (Fsp3) is 0.667. The first-order valence-electron chi connectivity index (χ1n) is 8.54. The zero-order valence-corrected chi connectivity index (χ0v) is 13.5. The van der Waals surface area contributed by atoms with E-state index in [-0.39, 0.29) is 0 Å². The third-order valence-corrected chi connectivity index (χ3v) is 5.18. The van der Waals surface area contributed by atoms with E-state index in [0.717, 1.165) is 6.54 Å². The first-order valence-corrected chi connectivity index (χ1v) is 8.54. The lowest BCUT2D eigenvalue weighted by Crippen LogP contribution is -2.48. The second kappa shape index (κ2) is 6.80. The van der Waals surface area contributed by atoms with Crippen LogP contribution in [-0.4, -0.2) is 55.1 Å². The molecule has 2 aliphatic heterocycles. The van der Waals surface area contributed by atoms with Gasteiger partial charge in [0.05, 0.1) is 0 Å². The summed E-state index contributed by atoms with van der Waals surface area (Å²) in [5.74, 6) is 0. The SMILES string of the molecule is CCC1CN(C)CCCN1C1CCc2ccccc2NC1. The monoisotopic (exact) mass is 287 g/mol. The molecule has 1 aromatic carbocycles. The van der Waals surface area contributed by atoms with Crippen molar-refractivity contribution < 1.29 is 0 Å². The van der Waals surface area contributed by atoms with Crippen LogP contribution < -0.4 is 5.32 Å². The number of nitrogens with one attached hydrogen (secondary N) is 1. The van der Waals surface area contributed by atoms with Gasteiger partial charge in [-0.2, -0.15) is 0 Å². The van der Waals surface area contributed by atoms with Crippen LogP contribution in [0.2, 0.25) is 0 Å². The molecule has 0 amide bonds. The van der Waals surface area contributed by atoms with Crippen LogP contribution in [0.25, 0.3) is 0 Å². The first-order chi connectivity index (χ1) is 10.3. The quantitative estimate of drug-likeness (QED) is 0.902. The third-order valence-electron chi connectivity index (χ3n) is 5.18. The molecule has 21 heavy (non-hydrogen) atoms. The maximum absolute atomic E-state index is 3.69. The average Bonchev–Trinajstić information content (AvgIpc) is 2.82. The molecule has 2 unspecified atom stereocenters. The minimum atomic E-state index is 0.675. The van der Waals surface area contributed by atoms with Gasteiger partial charge >= 0.3 is 0 Å². The van der Waals surface area contributed by atoms with Gasteiger partial charge in [0.25, 0.3) is 0 Å². The van der Waals surface area contributed by atoms with E-state index >= 15 is 0 Å². The van der Waals surface area contributed by atoms with Crippen LogP contribution in [0.15, 0.2) is 24.3 Å². The average molecular weight is 287 g/mol. The van der Waals surface area contributed by atoms with Crippen LogP contribution >= 0.6 is 0 Å². The van der Waals surface area contributed by atoms with Gasteiger partial charge < -0.3 is 10.2 Å². The molecule has 2 heterocycles. The van der Waals surface area contributed by atoms with Gasteiger partial charge in [0.1, 0.15) is 0 Å². The van der Waals surface area contributed by atoms with E-state index in [4.69, 9.17) is 0 Å². The highest BCUT2D eigenvalue weighted by Gasteiger charge is 2.29. The lowest BCUT2D eigenvalue weighted by atomic mass is 10.0. The number of aryl methyl sites for hydroxylation is 1. The number of anilines is 1. The van der Waals surface area contributed by atoms with Crippen molar-refractivity contribution in [3.05, 3.63) is 29.8 Å². The predicted octanol–water partition coefficient (Wildman–Crippen LogP) is 2.83. The molecule has 1 N–H and O–H groups in total. The zero-order valence-electron chi connectivity index (χ0n) is 13.5. The molecule has 0 bridgehead atoms. The molecule has 0 aliphatic carbocycles. The molecule has 116 valence electrons. The molecule has 3 heteroatoms. The fourth-order valence-corrected chi connectivity index (χ4v) is 3.95. The summed E-state index contributed by atoms with van der Waals surface area (Å²) in [7, 11) is 2.27. The summed E-state index contributed by atoms with van der Waals surface area (Å²) >= 11 is 0. The number of nitrogens with zero attached hydrogens (tertiary/aromatic N) is 2. The Hall–Kier alpha value is -1.06. The highest BCUT2D eigenvalue weighted by Crippen LogP contribution is 2.25. The van der Waals surface area contributed by atoms with Crippen molar-refractivity contribution >= 4 is 5.69 Å². The van der Waals surface area contributed by atoms with Crippen molar-refractivity contribution in [1.29, 1.82) is 0 Å². The van der Waals surface area contributed by atoms with Gasteiger partial charge in [0.2, 0.25) is 0 Å². The Balaban J connectivity index is 1.71. The predicted molar refractivity (Wildman–Crippen MR) is 89.9 cm³/mol. The van der Waals surface area contributed by atoms with Gasteiger partial charge in [-0.3, -0.25) is 4.90 Å². The number of fused-ring (bicyclic) bond motifs is 1. The largest absolute Gasteiger partial charge is 0.383 e. The molecule has 2 aliphatic rings. The van der Waals surface area contributed by atoms with E-state index in [0.29, 0.717) is 12.1 Å². The summed E-state index contributed by atoms with van der Waals surface area (Å²) in [6.45, 7) is 7.16. The van der Waals surface area contributed by atoms with Crippen molar-refractivity contribution in [2.45, 2.75) is 44.7 Å². The summed E-state index contributed by atoms with van der Waals surface area (Å²) < 4.78 is 0. The molecule has 1 aromatic rings. The van der Waals surface area contributed by atoms with Crippen molar-refractivity contribution in [2.24, 2.45) is 0 Å². The normalized spacial score (nSPS) is 28.3. The van der Waals surface area contributed by atoms with Crippen LogP contribution in [0, 0.1) is 0 Å². The number of rotatable bonds is 2. The number of hydrogen-bond acceptors (Lipinski definition) is 3. The maximum atomic E-state index is 3.69. The minimum absolute atomic E-state index is 0.675. The van der Waals surface area contributed by atoms with Crippen molar-refractivity contribution in [3.63, 3.8) is 0 Å². The topological polar surface area (TPSA) is 18.5 Å². The smallest absolute Gasteiger partial charge is 0.0373 e. The second-order valence-electron chi connectivity index (χ2n) is 6.65. The molecule has 3 nitrogen and oxygen atoms in total. The van der Waals surface area contributed by atoms with Gasteiger partial charge in [-0.25, -0.2) is 0 Å². The van der Waals surface area contributed by atoms with Gasteiger partial charge in [-0.15, -0.1) is 0 Å². The highest BCUT2D eigenvalue weighted by atomic mass is 15.3. The van der Waals surface area contributed by atoms with Gasteiger partial charge in [0.15, 0.2) is 0 Å². The summed E-state index contributed by atoms with van der Waals surface area (Å²) in [6.07, 6.45) is 5.05. The summed E-state index contributed by atoms with van der Waals surface area (Å²) in [4.78, 5) is 5.30. The second-order valence-corrected chi connectivity index (χ2v) is 6.65. The summed E-state index contributed by atoms with van der Waals surface area (Å²) in [6, 6.07) is 10.2. The summed E-state index contributed by atoms with van der Waals surface area (Å²) in [5, 5.41) is 3.69. The van der Waals surface area contributed by atoms with E-state index in [1.54, 1.807) is 0 Å². The molecular weight excluding hydrogens is 258 g/mol. The van der Waals surface area contributed by atoms with Crippen LogP contribution in [0.5, 0.6) is 0 Å². The van der Waals surface area contributed by atoms with Gasteiger partial charge in [-0.1, -0.05) is 25.1 Å². The zero-order chi connectivity index (χ0) is 14.7. The van der Waals surface area contributed by atoms with Crippen molar-refractivity contribution in [2.75, 3.05) is 38.5 Å². The van der Waals surface area contributed by atoms with Crippen LogP contribution in [0.3, 0.4) is 0 Å². The Morgan fingerprint density at radius 3 is 2.95 bits per heavy atom. The molecule has 0 saturated carbocycles. The molecular formula is C18H29N3. The fourth-order valence-electron chi connectivity index (χ4n) is 3.95. The minimum Gasteiger partial charge on any atom is -0.383 e. The molecule has 1 saturated heterocycles. The first kappa shape index (κ1) is 14.9. The summed E-state index contributed by atoms with van der Waals surface area (Å²) in [5.41, 5.74) is 2.83. The van der Waals surface area contributed by atoms with Crippen molar-refractivity contribution in [1.82, 2.24) is 9.80 Å². The Bertz CT molecular complexity index is 433. The Morgan fingerprint density at radius 1 is 1.24 bits per heavy atom. The van der Waals surface area contributed by atoms with E-state index in [9.17, 15) is 0 Å². The van der Waals surface area contributed by atoms with Gasteiger partial charge in [-0.05, 0) is 50.9 Å². The van der Waals surface area contributed by atoms with Crippen LogP contribution in [0.1, 0.15) is 31.7 Å². The van der Waals surface area contributed by atoms with Crippen molar-refractivity contribution in [3.8, 4) is 0 Å². The molecule has 2 atom stereocenters. The third kappa shape index (κ3) is 3.41. The molecule has 0 spiro atoms. The Labute approximate surface area is 129 Å². The molecule has 1 fully saturated rings. The lowest BCUT2D eigenvalue weighted by molar-refractivity contribution is 0.128. The van der Waals surface area contributed by atoms with E-state index in [1.165, 1.54) is 56.6 Å². The number of likely N-dealkylation sites (N-methyl/N-ethyl adjacent to an activating group) is 1. The standard InChI is InChI=1S/C18H29N3/c1-3-16-14-20(2)11-6-12-21(16)17-10-9-15-7-4-5-8-18(15)19-13-17/h4-5,7-8,16-17,19H,3,6,9-14H2,1-2H3. The number of benzene rings is 1. The van der Waals surface area contributed by atoms with Crippen LogP contribution in [-0.2, 0) is 6.42 Å². The van der Waals surface area contributed by atoms with E-state index < -0.39 is 0 Å². The number of hydrogen-bond donors (Lipinski definition) is 1. The van der Waals surface area contributed by atoms with Gasteiger partial charge in [0, 0.05) is 37.4 Å². The van der Waals surface area contributed by atoms with E-state index in [2.05, 4.69) is 53.4 Å². The highest BCUT2D eigenvalue weighted by molar-refractivity contribution is 5.52. The maximum Gasteiger partial charge on any atom is 0.0373 e. The lowest BCUT2D eigenvalue weighted by Gasteiger charge is -2.36. The Kier molecular flexibility index (Phi) is 4.81. The van der Waals surface area contributed by atoms with Crippen LogP contribution in [0.4, 0.5) is 5.69 Å². The molecule has 0 radical (unpaired) electrons.